The fraction of sp³-hybridized carbons (Fsp3) is 0.450. The topological polar surface area (TPSA) is 113 Å². The second kappa shape index (κ2) is 17.6. The molecule has 0 radical (unpaired) electrons. The van der Waals surface area contributed by atoms with Crippen molar-refractivity contribution in [3.05, 3.63) is 84.5 Å². The molecule has 2 aromatic heterocycles. The molecule has 3 N–H and O–H groups in total. The third-order valence-electron chi connectivity index (χ3n) is 8.48. The molecule has 0 aliphatic carbocycles. The van der Waals surface area contributed by atoms with Crippen LogP contribution in [0.4, 0.5) is 0 Å². The van der Waals surface area contributed by atoms with Crippen molar-refractivity contribution in [1.82, 2.24) is 30.4 Å². The number of aromatic hydroxyl groups is 1. The number of hydrogen-bond donors (Lipinski definition) is 3. The van der Waals surface area contributed by atoms with Crippen molar-refractivity contribution in [3.63, 3.8) is 0 Å². The van der Waals surface area contributed by atoms with E-state index in [1.54, 1.807) is 10.9 Å². The number of benzene rings is 3. The van der Waals surface area contributed by atoms with Crippen LogP contribution in [-0.2, 0) is 5.41 Å². The van der Waals surface area contributed by atoms with E-state index in [1.165, 1.54) is 35.5 Å². The van der Waals surface area contributed by atoms with Crippen molar-refractivity contribution in [1.29, 1.82) is 0 Å². The summed E-state index contributed by atoms with van der Waals surface area (Å²) < 4.78 is 0. The Morgan fingerprint density at radius 1 is 0.820 bits per heavy atom. The van der Waals surface area contributed by atoms with Crippen molar-refractivity contribution in [2.75, 3.05) is 11.5 Å². The number of aliphatic hydroxyl groups excluding tert-OH is 1. The number of phenolic OH excluding ortho intramolecular Hbond substituents is 1. The summed E-state index contributed by atoms with van der Waals surface area (Å²) in [6, 6.07) is 16.4. The number of thioether (sulfide) groups is 2. The Bertz CT molecular complexity index is 1880. The minimum Gasteiger partial charge on any atom is -0.505 e. The standard InChI is InChI=1S/C29H34N6OS2.C11H20O/c1-19-15-22(29(2,3)4)28(36)27(16-19)35-32-24-12-10-21(18-26(24)33-35)38-14-8-6-5-7-13-37-20-9-11-23-25(17-20)31-34-30-23;1-6-8-9(10(12)7-2)11(3,4)5/h9-12,15-18,36H,5-8,13-14H2,1-4H3,(H,30,31,34);6-10,12H,2H2,1,3-5H3/b;8-6+. The number of nitrogens with zero attached hydrogens (tertiary/aromatic N) is 5. The number of hydrogen-bond acceptors (Lipinski definition) is 8. The van der Waals surface area contributed by atoms with Gasteiger partial charge in [-0.05, 0) is 97.1 Å². The molecule has 2 heterocycles. The molecule has 0 aliphatic heterocycles. The first-order valence-electron chi connectivity index (χ1n) is 17.4. The van der Waals surface area contributed by atoms with Gasteiger partial charge in [-0.1, -0.05) is 78.7 Å². The van der Waals surface area contributed by atoms with Crippen molar-refractivity contribution in [2.24, 2.45) is 11.3 Å². The summed E-state index contributed by atoms with van der Waals surface area (Å²) in [6.45, 7) is 20.2. The van der Waals surface area contributed by atoms with Gasteiger partial charge in [0.15, 0.2) is 0 Å². The minimum atomic E-state index is -0.443. The van der Waals surface area contributed by atoms with Crippen LogP contribution >= 0.6 is 23.5 Å². The Morgan fingerprint density at radius 3 is 1.98 bits per heavy atom. The van der Waals surface area contributed by atoms with E-state index in [2.05, 4.69) is 92.9 Å². The molecule has 5 aromatic rings. The van der Waals surface area contributed by atoms with Crippen LogP contribution in [0.5, 0.6) is 5.75 Å². The summed E-state index contributed by atoms with van der Waals surface area (Å²) >= 11 is 3.75. The molecule has 2 atom stereocenters. The van der Waals surface area contributed by atoms with Gasteiger partial charge in [0.1, 0.15) is 33.5 Å². The predicted molar refractivity (Wildman–Crippen MR) is 212 cm³/mol. The van der Waals surface area contributed by atoms with Crippen molar-refractivity contribution >= 4 is 45.6 Å². The SMILES string of the molecule is C=CC(O)C(/C=C/C)C(C)(C)C.Cc1cc(-n2nc3ccc(SCCCCCCSc4ccc5n[nH]nc5c4)cc3n2)c(O)c(C(C)(C)C)c1. The Hall–Kier alpha value is -3.60. The number of phenols is 1. The lowest BCUT2D eigenvalue weighted by Gasteiger charge is -2.30. The zero-order valence-corrected chi connectivity index (χ0v) is 32.5. The van der Waals surface area contributed by atoms with Gasteiger partial charge < -0.3 is 10.2 Å². The van der Waals surface area contributed by atoms with Crippen LogP contribution in [0.25, 0.3) is 27.8 Å². The lowest BCUT2D eigenvalue weighted by Crippen LogP contribution is -2.29. The molecule has 268 valence electrons. The Kier molecular flexibility index (Phi) is 13.8. The number of aryl methyl sites for hydroxylation is 1. The van der Waals surface area contributed by atoms with Crippen molar-refractivity contribution in [2.45, 2.75) is 102 Å². The fourth-order valence-corrected chi connectivity index (χ4v) is 7.58. The highest BCUT2D eigenvalue weighted by Gasteiger charge is 2.27. The maximum atomic E-state index is 11.0. The number of allylic oxidation sites excluding steroid dienone is 1. The number of aromatic nitrogens is 6. The van der Waals surface area contributed by atoms with Crippen molar-refractivity contribution in [3.8, 4) is 11.4 Å². The predicted octanol–water partition coefficient (Wildman–Crippen LogP) is 10.2. The fourth-order valence-electron chi connectivity index (χ4n) is 5.69. The summed E-state index contributed by atoms with van der Waals surface area (Å²) in [5.74, 6) is 2.60. The van der Waals surface area contributed by atoms with Crippen LogP contribution in [0.2, 0.25) is 0 Å². The van der Waals surface area contributed by atoms with Crippen LogP contribution in [0.1, 0.15) is 85.3 Å². The van der Waals surface area contributed by atoms with Gasteiger partial charge in [0.2, 0.25) is 0 Å². The summed E-state index contributed by atoms with van der Waals surface area (Å²) in [6.07, 6.45) is 10.0. The van der Waals surface area contributed by atoms with Gasteiger partial charge in [0.05, 0.1) is 6.10 Å². The number of aliphatic hydroxyl groups is 1. The zero-order valence-electron chi connectivity index (χ0n) is 30.9. The van der Waals surface area contributed by atoms with E-state index in [-0.39, 0.29) is 22.5 Å². The average Bonchev–Trinajstić information content (AvgIpc) is 3.71. The lowest BCUT2D eigenvalue weighted by molar-refractivity contribution is 0.109. The summed E-state index contributed by atoms with van der Waals surface area (Å²) in [5, 5.41) is 40.9. The quantitative estimate of drug-likeness (QED) is 0.0628. The largest absolute Gasteiger partial charge is 0.505 e. The molecular weight excluding hydrogens is 661 g/mol. The maximum Gasteiger partial charge on any atom is 0.146 e. The van der Waals surface area contributed by atoms with Gasteiger partial charge in [-0.25, -0.2) is 0 Å². The van der Waals surface area contributed by atoms with Crippen LogP contribution in [0, 0.1) is 18.3 Å². The maximum absolute atomic E-state index is 11.0. The van der Waals surface area contributed by atoms with Gasteiger partial charge in [-0.15, -0.1) is 45.1 Å². The monoisotopic (exact) mass is 714 g/mol. The molecule has 0 fully saturated rings. The molecule has 0 saturated carbocycles. The summed E-state index contributed by atoms with van der Waals surface area (Å²) in [4.78, 5) is 4.02. The normalized spacial score (nSPS) is 13.5. The number of nitrogens with one attached hydrogen (secondary N) is 1. The number of rotatable bonds is 13. The van der Waals surface area contributed by atoms with E-state index in [4.69, 9.17) is 5.10 Å². The first kappa shape index (κ1) is 39.2. The highest BCUT2D eigenvalue weighted by atomic mass is 32.2. The molecule has 10 heteroatoms. The molecule has 0 aliphatic rings. The molecule has 50 heavy (non-hydrogen) atoms. The van der Waals surface area contributed by atoms with Crippen LogP contribution < -0.4 is 0 Å². The Labute approximate surface area is 306 Å². The second-order valence-corrected chi connectivity index (χ2v) is 17.1. The van der Waals surface area contributed by atoms with E-state index in [9.17, 15) is 10.2 Å². The van der Waals surface area contributed by atoms with Gasteiger partial charge >= 0.3 is 0 Å². The molecule has 0 saturated heterocycles. The molecular formula is C40H54N6O2S2. The van der Waals surface area contributed by atoms with E-state index in [0.29, 0.717) is 5.69 Å². The average molecular weight is 715 g/mol. The summed E-state index contributed by atoms with van der Waals surface area (Å²) in [7, 11) is 0. The number of fused-ring (bicyclic) bond motifs is 2. The third kappa shape index (κ3) is 10.7. The smallest absolute Gasteiger partial charge is 0.146 e. The molecule has 0 spiro atoms. The molecule has 3 aromatic carbocycles. The van der Waals surface area contributed by atoms with E-state index in [1.807, 2.05) is 73.8 Å². The van der Waals surface area contributed by atoms with Gasteiger partial charge in [0, 0.05) is 21.3 Å². The third-order valence-corrected chi connectivity index (χ3v) is 10.6. The van der Waals surface area contributed by atoms with E-state index in [0.717, 1.165) is 44.7 Å². The first-order chi connectivity index (χ1) is 23.7. The number of unbranched alkanes of at least 4 members (excludes halogenated alkanes) is 3. The molecule has 2 unspecified atom stereocenters. The molecule has 0 bridgehead atoms. The number of aromatic amines is 1. The van der Waals surface area contributed by atoms with Gasteiger partial charge in [0.25, 0.3) is 0 Å². The second-order valence-electron chi connectivity index (χ2n) is 14.8. The molecule has 0 amide bonds. The Morgan fingerprint density at radius 2 is 1.40 bits per heavy atom. The zero-order chi connectivity index (χ0) is 36.5. The van der Waals surface area contributed by atoms with Crippen LogP contribution in [-0.4, -0.2) is 58.2 Å². The summed E-state index contributed by atoms with van der Waals surface area (Å²) in [5.41, 5.74) is 6.02. The minimum absolute atomic E-state index is 0.0834. The van der Waals surface area contributed by atoms with Gasteiger partial charge in [-0.2, -0.15) is 15.4 Å². The van der Waals surface area contributed by atoms with Crippen LogP contribution in [0.15, 0.2) is 83.1 Å². The first-order valence-corrected chi connectivity index (χ1v) is 19.4. The van der Waals surface area contributed by atoms with Crippen molar-refractivity contribution < 1.29 is 10.2 Å². The highest BCUT2D eigenvalue weighted by molar-refractivity contribution is 7.99. The molecule has 5 rings (SSSR count). The Balaban J connectivity index is 0.000000402. The molecule has 8 nitrogen and oxygen atoms in total. The van der Waals surface area contributed by atoms with Crippen LogP contribution in [0.3, 0.4) is 0 Å². The lowest BCUT2D eigenvalue weighted by atomic mass is 9.77. The number of H-pyrrole nitrogens is 1. The van der Waals surface area contributed by atoms with E-state index < -0.39 is 6.10 Å². The van der Waals surface area contributed by atoms with Gasteiger partial charge in [-0.3, -0.25) is 0 Å². The van der Waals surface area contributed by atoms with E-state index >= 15 is 0 Å². The highest BCUT2D eigenvalue weighted by Crippen LogP contribution is 2.36.